The third-order valence-corrected chi connectivity index (χ3v) is 3.86. The lowest BCUT2D eigenvalue weighted by Gasteiger charge is -2.35. The Morgan fingerprint density at radius 2 is 2.05 bits per heavy atom. The number of primary amides is 1. The van der Waals surface area contributed by atoms with Crippen molar-refractivity contribution in [1.82, 2.24) is 5.32 Å². The zero-order valence-electron chi connectivity index (χ0n) is 11.4. The highest BCUT2D eigenvalue weighted by atomic mass is 16.6. The van der Waals surface area contributed by atoms with Gasteiger partial charge in [-0.3, -0.25) is 10.1 Å². The lowest BCUT2D eigenvalue weighted by Crippen LogP contribution is -2.58. The Hall–Kier alpha value is -1.43. The molecule has 20 heavy (non-hydrogen) atoms. The summed E-state index contributed by atoms with van der Waals surface area (Å²) in [5.74, 6) is -0.393. The van der Waals surface area contributed by atoms with Gasteiger partial charge in [0.1, 0.15) is 11.6 Å². The average molecular weight is 276 g/mol. The Kier molecular flexibility index (Phi) is 3.74. The first-order chi connectivity index (χ1) is 9.71. The molecule has 1 saturated carbocycles. The van der Waals surface area contributed by atoms with Crippen molar-refractivity contribution < 1.29 is 14.3 Å². The van der Waals surface area contributed by atoms with E-state index in [9.17, 15) is 4.79 Å². The van der Waals surface area contributed by atoms with Crippen molar-refractivity contribution in [3.05, 3.63) is 35.9 Å². The second-order valence-corrected chi connectivity index (χ2v) is 5.52. The predicted octanol–water partition coefficient (Wildman–Crippen LogP) is 0.535. The summed E-state index contributed by atoms with van der Waals surface area (Å²) in [5, 5.41) is 3.38. The largest absolute Gasteiger partial charge is 0.376 e. The maximum atomic E-state index is 12.2. The van der Waals surface area contributed by atoms with Crippen molar-refractivity contribution in [2.45, 2.75) is 30.5 Å². The molecule has 108 valence electrons. The van der Waals surface area contributed by atoms with Crippen molar-refractivity contribution in [2.24, 2.45) is 5.73 Å². The molecule has 5 heteroatoms. The highest BCUT2D eigenvalue weighted by Crippen LogP contribution is 2.29. The fraction of sp³-hybridized carbons (Fsp3) is 0.533. The number of hydrogen-bond donors (Lipinski definition) is 2. The van der Waals surface area contributed by atoms with E-state index in [-0.39, 0.29) is 12.7 Å². The van der Waals surface area contributed by atoms with Gasteiger partial charge in [-0.2, -0.15) is 0 Å². The first kappa shape index (κ1) is 13.5. The second kappa shape index (κ2) is 5.52. The zero-order chi connectivity index (χ0) is 14.0. The number of benzene rings is 1. The van der Waals surface area contributed by atoms with E-state index < -0.39 is 11.4 Å². The number of hydrogen-bond acceptors (Lipinski definition) is 4. The van der Waals surface area contributed by atoms with Crippen LogP contribution in [-0.4, -0.2) is 37.9 Å². The maximum absolute atomic E-state index is 12.2. The van der Waals surface area contributed by atoms with Crippen LogP contribution in [-0.2, 0) is 19.8 Å². The molecule has 2 aliphatic rings. The van der Waals surface area contributed by atoms with E-state index in [0.717, 1.165) is 18.4 Å². The molecule has 1 aliphatic heterocycles. The molecule has 1 unspecified atom stereocenters. The van der Waals surface area contributed by atoms with Gasteiger partial charge in [-0.1, -0.05) is 30.3 Å². The summed E-state index contributed by atoms with van der Waals surface area (Å²) in [4.78, 5) is 12.2. The second-order valence-electron chi connectivity index (χ2n) is 5.52. The minimum atomic E-state index is -0.946. The molecule has 2 fully saturated rings. The van der Waals surface area contributed by atoms with Crippen molar-refractivity contribution in [1.29, 1.82) is 0 Å². The van der Waals surface area contributed by atoms with Crippen LogP contribution < -0.4 is 11.1 Å². The van der Waals surface area contributed by atoms with Crippen molar-refractivity contribution in [2.75, 3.05) is 19.8 Å². The Morgan fingerprint density at radius 3 is 2.55 bits per heavy atom. The molecule has 1 atom stereocenters. The Labute approximate surface area is 118 Å². The fourth-order valence-electron chi connectivity index (χ4n) is 2.34. The van der Waals surface area contributed by atoms with Crippen LogP contribution in [0, 0.1) is 0 Å². The summed E-state index contributed by atoms with van der Waals surface area (Å²) in [6.07, 6.45) is 2.22. The minimum absolute atomic E-state index is 0.0680. The van der Waals surface area contributed by atoms with Crippen LogP contribution in [0.5, 0.6) is 0 Å². The zero-order valence-corrected chi connectivity index (χ0v) is 11.4. The summed E-state index contributed by atoms with van der Waals surface area (Å²) in [6, 6.07) is 9.93. The number of carbonyl (C=O) groups is 1. The van der Waals surface area contributed by atoms with Gasteiger partial charge < -0.3 is 15.2 Å². The number of amides is 1. The first-order valence-corrected chi connectivity index (χ1v) is 7.03. The molecule has 1 aromatic rings. The van der Waals surface area contributed by atoms with Crippen LogP contribution in [0.1, 0.15) is 18.4 Å². The average Bonchev–Trinajstić information content (AvgIpc) is 3.20. The summed E-state index contributed by atoms with van der Waals surface area (Å²) < 4.78 is 10.9. The summed E-state index contributed by atoms with van der Waals surface area (Å²) >= 11 is 0. The van der Waals surface area contributed by atoms with E-state index in [2.05, 4.69) is 5.32 Å². The molecule has 1 amide bonds. The molecule has 5 nitrogen and oxygen atoms in total. The van der Waals surface area contributed by atoms with E-state index in [0.29, 0.717) is 19.3 Å². The van der Waals surface area contributed by atoms with E-state index in [1.807, 2.05) is 30.3 Å². The number of nitrogens with one attached hydrogen (secondary N) is 1. The number of ether oxygens (including phenoxy) is 2. The Bertz CT molecular complexity index is 471. The molecule has 3 N–H and O–H groups in total. The minimum Gasteiger partial charge on any atom is -0.376 e. The van der Waals surface area contributed by atoms with Crippen LogP contribution in [0.4, 0.5) is 0 Å². The van der Waals surface area contributed by atoms with Crippen LogP contribution in [0.2, 0.25) is 0 Å². The number of carbonyl (C=O) groups excluding carboxylic acids is 1. The van der Waals surface area contributed by atoms with Crippen molar-refractivity contribution >= 4 is 5.91 Å². The normalized spacial score (nSPS) is 22.0. The topological polar surface area (TPSA) is 73.6 Å². The van der Waals surface area contributed by atoms with Gasteiger partial charge in [-0.25, -0.2) is 0 Å². The van der Waals surface area contributed by atoms with Crippen LogP contribution >= 0.6 is 0 Å². The molecule has 1 aliphatic carbocycles. The Morgan fingerprint density at radius 1 is 1.35 bits per heavy atom. The quantitative estimate of drug-likeness (QED) is 0.762. The molecule has 1 aromatic carbocycles. The Balaban J connectivity index is 1.83. The third-order valence-electron chi connectivity index (χ3n) is 3.86. The fourth-order valence-corrected chi connectivity index (χ4v) is 2.34. The van der Waals surface area contributed by atoms with E-state index in [4.69, 9.17) is 15.2 Å². The molecule has 1 saturated heterocycles. The van der Waals surface area contributed by atoms with Gasteiger partial charge in [0.2, 0.25) is 5.91 Å². The van der Waals surface area contributed by atoms with E-state index in [1.54, 1.807) is 0 Å². The van der Waals surface area contributed by atoms with Crippen molar-refractivity contribution in [3.8, 4) is 0 Å². The van der Waals surface area contributed by atoms with Crippen LogP contribution in [0.3, 0.4) is 0 Å². The molecule has 3 rings (SSSR count). The van der Waals surface area contributed by atoms with Gasteiger partial charge >= 0.3 is 0 Å². The molecular weight excluding hydrogens is 256 g/mol. The van der Waals surface area contributed by atoms with Crippen LogP contribution in [0.25, 0.3) is 0 Å². The molecule has 0 spiro atoms. The smallest absolute Gasteiger partial charge is 0.244 e. The summed E-state index contributed by atoms with van der Waals surface area (Å²) in [7, 11) is 0. The highest BCUT2D eigenvalue weighted by molar-refractivity contribution is 5.86. The van der Waals surface area contributed by atoms with E-state index in [1.165, 1.54) is 0 Å². The number of rotatable bonds is 7. The predicted molar refractivity (Wildman–Crippen MR) is 74.0 cm³/mol. The lowest BCUT2D eigenvalue weighted by molar-refractivity contribution is -0.150. The van der Waals surface area contributed by atoms with Gasteiger partial charge in [0.25, 0.3) is 0 Å². The molecule has 0 bridgehead atoms. The molecule has 0 aromatic heterocycles. The molecule has 0 radical (unpaired) electrons. The molecular formula is C15H20N2O3. The van der Waals surface area contributed by atoms with Gasteiger partial charge in [0.15, 0.2) is 0 Å². The van der Waals surface area contributed by atoms with E-state index >= 15 is 0 Å². The molecule has 1 heterocycles. The first-order valence-electron chi connectivity index (χ1n) is 7.03. The highest BCUT2D eigenvalue weighted by Gasteiger charge is 2.43. The van der Waals surface area contributed by atoms with Gasteiger partial charge in [0, 0.05) is 6.04 Å². The van der Waals surface area contributed by atoms with Gasteiger partial charge in [0.05, 0.1) is 19.8 Å². The SMILES string of the molecule is NC(=O)C(COC1COC1)(NC1CC1)c1ccccc1. The van der Waals surface area contributed by atoms with Crippen LogP contribution in [0.15, 0.2) is 30.3 Å². The van der Waals surface area contributed by atoms with Gasteiger partial charge in [-0.05, 0) is 18.4 Å². The van der Waals surface area contributed by atoms with Gasteiger partial charge in [-0.15, -0.1) is 0 Å². The summed E-state index contributed by atoms with van der Waals surface area (Å²) in [5.41, 5.74) is 5.63. The maximum Gasteiger partial charge on any atom is 0.244 e. The third kappa shape index (κ3) is 2.70. The summed E-state index contributed by atoms with van der Waals surface area (Å²) in [6.45, 7) is 1.43. The number of nitrogens with two attached hydrogens (primary N) is 1. The van der Waals surface area contributed by atoms with Crippen molar-refractivity contribution in [3.63, 3.8) is 0 Å². The monoisotopic (exact) mass is 276 g/mol. The standard InChI is InChI=1S/C15H20N2O3/c16-14(18)15(17-12-6-7-12,10-20-13-8-19-9-13)11-4-2-1-3-5-11/h1-5,12-13,17H,6-10H2,(H2,16,18). The lowest BCUT2D eigenvalue weighted by atomic mass is 9.89.